The van der Waals surface area contributed by atoms with Crippen molar-refractivity contribution in [3.05, 3.63) is 29.3 Å². The first-order valence-corrected chi connectivity index (χ1v) is 5.28. The third kappa shape index (κ3) is 3.31. The van der Waals surface area contributed by atoms with Gasteiger partial charge in [-0.15, -0.1) is 0 Å². The first-order valence-electron chi connectivity index (χ1n) is 5.28. The maximum Gasteiger partial charge on any atom is 0.335 e. The van der Waals surface area contributed by atoms with Gasteiger partial charge < -0.3 is 9.84 Å². The second-order valence-electron chi connectivity index (χ2n) is 4.86. The molecule has 0 bridgehead atoms. The first-order chi connectivity index (χ1) is 7.71. The molecule has 92 valence electrons. The molecule has 0 aromatic heterocycles. The van der Waals surface area contributed by atoms with Crippen LogP contribution in [-0.2, 0) is 10.2 Å². The molecule has 0 amide bonds. The van der Waals surface area contributed by atoms with Gasteiger partial charge in [0.05, 0.1) is 5.56 Å². The van der Waals surface area contributed by atoms with E-state index in [1.807, 2.05) is 20.8 Å². The van der Waals surface area contributed by atoms with Gasteiger partial charge in [-0.1, -0.05) is 20.8 Å². The molecule has 0 heterocycles. The maximum absolute atomic E-state index is 11.0. The predicted octanol–water partition coefficient (Wildman–Crippen LogP) is 2.61. The Morgan fingerprint density at radius 3 is 2.24 bits per heavy atom. The van der Waals surface area contributed by atoms with E-state index < -0.39 is 11.9 Å². The van der Waals surface area contributed by atoms with E-state index in [1.165, 1.54) is 19.1 Å². The summed E-state index contributed by atoms with van der Waals surface area (Å²) >= 11 is 0. The van der Waals surface area contributed by atoms with Crippen LogP contribution in [0.25, 0.3) is 0 Å². The summed E-state index contributed by atoms with van der Waals surface area (Å²) in [4.78, 5) is 21.9. The van der Waals surface area contributed by atoms with Gasteiger partial charge in [-0.2, -0.15) is 0 Å². The number of rotatable bonds is 2. The SMILES string of the molecule is CC(=O)Oc1ccc(C(=O)O)cc1C(C)(C)C. The summed E-state index contributed by atoms with van der Waals surface area (Å²) in [6.07, 6.45) is 0. The minimum atomic E-state index is -0.995. The lowest BCUT2D eigenvalue weighted by Crippen LogP contribution is -2.16. The Balaban J connectivity index is 3.31. The molecule has 0 unspecified atom stereocenters. The largest absolute Gasteiger partial charge is 0.478 e. The Kier molecular flexibility index (Phi) is 3.56. The van der Waals surface area contributed by atoms with E-state index in [4.69, 9.17) is 9.84 Å². The smallest absolute Gasteiger partial charge is 0.335 e. The number of aromatic carboxylic acids is 1. The van der Waals surface area contributed by atoms with Crippen LogP contribution in [0.4, 0.5) is 0 Å². The fraction of sp³-hybridized carbons (Fsp3) is 0.385. The van der Waals surface area contributed by atoms with Gasteiger partial charge in [-0.3, -0.25) is 4.79 Å². The van der Waals surface area contributed by atoms with Crippen LogP contribution in [0.5, 0.6) is 5.75 Å². The second kappa shape index (κ2) is 4.57. The van der Waals surface area contributed by atoms with E-state index in [0.717, 1.165) is 0 Å². The molecule has 0 aliphatic carbocycles. The highest BCUT2D eigenvalue weighted by atomic mass is 16.5. The van der Waals surface area contributed by atoms with Crippen LogP contribution < -0.4 is 4.74 Å². The van der Waals surface area contributed by atoms with E-state index in [1.54, 1.807) is 6.07 Å². The molecule has 0 spiro atoms. The highest BCUT2D eigenvalue weighted by Crippen LogP contribution is 2.32. The highest BCUT2D eigenvalue weighted by molar-refractivity contribution is 5.88. The molecule has 1 rings (SSSR count). The van der Waals surface area contributed by atoms with Crippen LogP contribution in [0.15, 0.2) is 18.2 Å². The van der Waals surface area contributed by atoms with Crippen molar-refractivity contribution in [3.8, 4) is 5.75 Å². The molecule has 1 aromatic rings. The standard InChI is InChI=1S/C13H16O4/c1-8(14)17-11-6-5-9(12(15)16)7-10(11)13(2,3)4/h5-7H,1-4H3,(H,15,16). The number of ether oxygens (including phenoxy) is 1. The van der Waals surface area contributed by atoms with E-state index in [0.29, 0.717) is 11.3 Å². The molecule has 0 saturated heterocycles. The summed E-state index contributed by atoms with van der Waals surface area (Å²) in [5.41, 5.74) is 0.592. The third-order valence-electron chi connectivity index (χ3n) is 2.29. The lowest BCUT2D eigenvalue weighted by Gasteiger charge is -2.22. The molecule has 0 aliphatic heterocycles. The van der Waals surface area contributed by atoms with Crippen LogP contribution in [0.3, 0.4) is 0 Å². The first kappa shape index (κ1) is 13.2. The Bertz CT molecular complexity index is 455. The number of carboxylic acid groups (broad SMARTS) is 1. The zero-order chi connectivity index (χ0) is 13.2. The average Bonchev–Trinajstić information content (AvgIpc) is 2.15. The molecule has 4 nitrogen and oxygen atoms in total. The molecular weight excluding hydrogens is 220 g/mol. The van der Waals surface area contributed by atoms with Crippen molar-refractivity contribution in [2.75, 3.05) is 0 Å². The van der Waals surface area contributed by atoms with Crippen molar-refractivity contribution >= 4 is 11.9 Å². The average molecular weight is 236 g/mol. The molecular formula is C13H16O4. The monoisotopic (exact) mass is 236 g/mol. The summed E-state index contributed by atoms with van der Waals surface area (Å²) in [7, 11) is 0. The quantitative estimate of drug-likeness (QED) is 0.633. The Morgan fingerprint density at radius 2 is 1.82 bits per heavy atom. The summed E-state index contributed by atoms with van der Waals surface area (Å²) in [6, 6.07) is 4.49. The summed E-state index contributed by atoms with van der Waals surface area (Å²) in [6.45, 7) is 7.11. The van der Waals surface area contributed by atoms with Crippen LogP contribution in [-0.4, -0.2) is 17.0 Å². The Morgan fingerprint density at radius 1 is 1.24 bits per heavy atom. The van der Waals surface area contributed by atoms with Gasteiger partial charge in [0.15, 0.2) is 0 Å². The number of hydrogen-bond donors (Lipinski definition) is 1. The van der Waals surface area contributed by atoms with Gasteiger partial charge in [0.2, 0.25) is 0 Å². The lowest BCUT2D eigenvalue weighted by molar-refractivity contribution is -0.131. The van der Waals surface area contributed by atoms with Crippen molar-refractivity contribution in [3.63, 3.8) is 0 Å². The molecule has 0 radical (unpaired) electrons. The summed E-state index contributed by atoms with van der Waals surface area (Å²) in [5.74, 6) is -1.00. The molecule has 0 saturated carbocycles. The Labute approximate surface area is 100 Å². The van der Waals surface area contributed by atoms with Crippen molar-refractivity contribution in [1.29, 1.82) is 0 Å². The van der Waals surface area contributed by atoms with Gasteiger partial charge in [0.25, 0.3) is 0 Å². The van der Waals surface area contributed by atoms with Crippen LogP contribution >= 0.6 is 0 Å². The molecule has 1 N–H and O–H groups in total. The number of carbonyl (C=O) groups excluding carboxylic acids is 1. The highest BCUT2D eigenvalue weighted by Gasteiger charge is 2.21. The fourth-order valence-electron chi connectivity index (χ4n) is 1.49. The number of esters is 1. The number of carboxylic acids is 1. The molecule has 4 heteroatoms. The number of carbonyl (C=O) groups is 2. The van der Waals surface area contributed by atoms with E-state index in [9.17, 15) is 9.59 Å². The minimum absolute atomic E-state index is 0.186. The molecule has 17 heavy (non-hydrogen) atoms. The zero-order valence-electron chi connectivity index (χ0n) is 10.4. The summed E-state index contributed by atoms with van der Waals surface area (Å²) < 4.78 is 5.07. The Hall–Kier alpha value is -1.84. The van der Waals surface area contributed by atoms with E-state index in [-0.39, 0.29) is 11.0 Å². The number of hydrogen-bond acceptors (Lipinski definition) is 3. The van der Waals surface area contributed by atoms with Crippen molar-refractivity contribution in [2.45, 2.75) is 33.1 Å². The van der Waals surface area contributed by atoms with E-state index >= 15 is 0 Å². The lowest BCUT2D eigenvalue weighted by atomic mass is 9.85. The third-order valence-corrected chi connectivity index (χ3v) is 2.29. The van der Waals surface area contributed by atoms with Gasteiger partial charge in [0, 0.05) is 12.5 Å². The molecule has 0 atom stereocenters. The van der Waals surface area contributed by atoms with Gasteiger partial charge in [0.1, 0.15) is 5.75 Å². The zero-order valence-corrected chi connectivity index (χ0v) is 10.4. The molecule has 0 fully saturated rings. The van der Waals surface area contributed by atoms with Gasteiger partial charge in [-0.05, 0) is 23.6 Å². The van der Waals surface area contributed by atoms with Crippen LogP contribution in [0.2, 0.25) is 0 Å². The van der Waals surface area contributed by atoms with Crippen molar-refractivity contribution in [2.24, 2.45) is 0 Å². The van der Waals surface area contributed by atoms with Gasteiger partial charge >= 0.3 is 11.9 Å². The normalized spacial score (nSPS) is 11.1. The molecule has 0 aliphatic rings. The molecule has 1 aromatic carbocycles. The van der Waals surface area contributed by atoms with Crippen molar-refractivity contribution in [1.82, 2.24) is 0 Å². The van der Waals surface area contributed by atoms with E-state index in [2.05, 4.69) is 0 Å². The van der Waals surface area contributed by atoms with Crippen LogP contribution in [0.1, 0.15) is 43.6 Å². The number of benzene rings is 1. The summed E-state index contributed by atoms with van der Waals surface area (Å²) in [5, 5.41) is 8.94. The minimum Gasteiger partial charge on any atom is -0.478 e. The van der Waals surface area contributed by atoms with Crippen LogP contribution in [0, 0.1) is 0 Å². The topological polar surface area (TPSA) is 63.6 Å². The van der Waals surface area contributed by atoms with Gasteiger partial charge in [-0.25, -0.2) is 4.79 Å². The predicted molar refractivity (Wildman–Crippen MR) is 63.4 cm³/mol. The second-order valence-corrected chi connectivity index (χ2v) is 4.86. The fourth-order valence-corrected chi connectivity index (χ4v) is 1.49. The van der Waals surface area contributed by atoms with Crippen molar-refractivity contribution < 1.29 is 19.4 Å². The maximum atomic E-state index is 11.0.